The summed E-state index contributed by atoms with van der Waals surface area (Å²) in [5.74, 6) is -0.145. The number of aromatic nitrogens is 1. The molecule has 0 bridgehead atoms. The van der Waals surface area contributed by atoms with Crippen molar-refractivity contribution in [1.82, 2.24) is 9.88 Å². The first-order valence-electron chi connectivity index (χ1n) is 7.47. The minimum absolute atomic E-state index is 0.0223. The minimum atomic E-state index is -0.145. The molecule has 0 aliphatic heterocycles. The number of pyridine rings is 1. The highest BCUT2D eigenvalue weighted by molar-refractivity contribution is 5.76. The van der Waals surface area contributed by atoms with E-state index in [1.807, 2.05) is 19.1 Å². The van der Waals surface area contributed by atoms with Crippen molar-refractivity contribution in [3.05, 3.63) is 69.6 Å². The van der Waals surface area contributed by atoms with Gasteiger partial charge in [-0.2, -0.15) is 0 Å². The van der Waals surface area contributed by atoms with Crippen LogP contribution in [0.4, 0.5) is 0 Å². The average molecular weight is 298 g/mol. The molecule has 0 spiro atoms. The number of amides is 1. The maximum Gasteiger partial charge on any atom is 0.253 e. The highest BCUT2D eigenvalue weighted by atomic mass is 16.2. The van der Waals surface area contributed by atoms with Gasteiger partial charge in [0.05, 0.1) is 0 Å². The van der Waals surface area contributed by atoms with Crippen LogP contribution in [0.3, 0.4) is 0 Å². The van der Waals surface area contributed by atoms with E-state index in [0.29, 0.717) is 5.56 Å². The van der Waals surface area contributed by atoms with E-state index in [2.05, 4.69) is 24.4 Å². The predicted molar refractivity (Wildman–Crippen MR) is 87.9 cm³/mol. The van der Waals surface area contributed by atoms with Gasteiger partial charge in [0.25, 0.3) is 5.56 Å². The molecule has 0 aliphatic rings. The molecule has 0 saturated heterocycles. The standard InChI is InChI=1S/C18H22N2O2/c1-13-7-4-5-9-16(13)11-15(3)19-17(21)12-20-10-6-8-14(2)18(20)22/h4-10,15H,11-12H2,1-3H3,(H,19,21)/t15-/m1/s1. The summed E-state index contributed by atoms with van der Waals surface area (Å²) in [4.78, 5) is 24.0. The number of nitrogens with zero attached hydrogens (tertiary/aromatic N) is 1. The number of aryl methyl sites for hydroxylation is 2. The van der Waals surface area contributed by atoms with Gasteiger partial charge in [-0.1, -0.05) is 30.3 Å². The van der Waals surface area contributed by atoms with Gasteiger partial charge in [-0.05, 0) is 44.4 Å². The monoisotopic (exact) mass is 298 g/mol. The van der Waals surface area contributed by atoms with Crippen LogP contribution in [-0.4, -0.2) is 16.5 Å². The summed E-state index contributed by atoms with van der Waals surface area (Å²) in [7, 11) is 0. The Morgan fingerprint density at radius 2 is 1.82 bits per heavy atom. The van der Waals surface area contributed by atoms with E-state index in [1.165, 1.54) is 15.7 Å². The first-order chi connectivity index (χ1) is 10.5. The lowest BCUT2D eigenvalue weighted by Crippen LogP contribution is -2.38. The normalized spacial score (nSPS) is 12.0. The van der Waals surface area contributed by atoms with Gasteiger partial charge in [0.2, 0.25) is 5.91 Å². The van der Waals surface area contributed by atoms with E-state index in [0.717, 1.165) is 6.42 Å². The van der Waals surface area contributed by atoms with Gasteiger partial charge >= 0.3 is 0 Å². The third kappa shape index (κ3) is 4.07. The lowest BCUT2D eigenvalue weighted by atomic mass is 10.0. The van der Waals surface area contributed by atoms with Crippen LogP contribution >= 0.6 is 0 Å². The first-order valence-corrected chi connectivity index (χ1v) is 7.47. The van der Waals surface area contributed by atoms with E-state index in [9.17, 15) is 9.59 Å². The highest BCUT2D eigenvalue weighted by Crippen LogP contribution is 2.09. The summed E-state index contributed by atoms with van der Waals surface area (Å²) in [5, 5.41) is 2.95. The molecule has 0 fully saturated rings. The molecule has 1 aromatic carbocycles. The average Bonchev–Trinajstić information content (AvgIpc) is 2.46. The number of hydrogen-bond donors (Lipinski definition) is 1. The third-order valence-corrected chi connectivity index (χ3v) is 3.72. The molecular formula is C18H22N2O2. The van der Waals surface area contributed by atoms with Crippen LogP contribution in [0.1, 0.15) is 23.6 Å². The Hall–Kier alpha value is -2.36. The van der Waals surface area contributed by atoms with Crippen LogP contribution in [0, 0.1) is 13.8 Å². The third-order valence-electron chi connectivity index (χ3n) is 3.72. The molecule has 1 heterocycles. The van der Waals surface area contributed by atoms with Crippen LogP contribution in [-0.2, 0) is 17.8 Å². The Balaban J connectivity index is 1.96. The van der Waals surface area contributed by atoms with Crippen molar-refractivity contribution in [2.75, 3.05) is 0 Å². The molecule has 0 unspecified atom stereocenters. The fourth-order valence-electron chi connectivity index (χ4n) is 2.48. The lowest BCUT2D eigenvalue weighted by Gasteiger charge is -2.16. The highest BCUT2D eigenvalue weighted by Gasteiger charge is 2.10. The zero-order valence-corrected chi connectivity index (χ0v) is 13.3. The van der Waals surface area contributed by atoms with Gasteiger partial charge in [0.15, 0.2) is 0 Å². The largest absolute Gasteiger partial charge is 0.352 e. The van der Waals surface area contributed by atoms with Crippen LogP contribution in [0.15, 0.2) is 47.4 Å². The van der Waals surface area contributed by atoms with Crippen LogP contribution in [0.5, 0.6) is 0 Å². The number of carbonyl (C=O) groups is 1. The van der Waals surface area contributed by atoms with Crippen molar-refractivity contribution in [3.8, 4) is 0 Å². The van der Waals surface area contributed by atoms with Gasteiger partial charge in [-0.25, -0.2) is 0 Å². The summed E-state index contributed by atoms with van der Waals surface area (Å²) >= 11 is 0. The van der Waals surface area contributed by atoms with Gasteiger partial charge in [-0.3, -0.25) is 9.59 Å². The number of benzene rings is 1. The molecule has 4 heteroatoms. The second-order valence-corrected chi connectivity index (χ2v) is 5.72. The number of rotatable bonds is 5. The second-order valence-electron chi connectivity index (χ2n) is 5.72. The lowest BCUT2D eigenvalue weighted by molar-refractivity contribution is -0.122. The Labute approximate surface area is 130 Å². The Morgan fingerprint density at radius 1 is 1.14 bits per heavy atom. The molecule has 1 amide bonds. The molecule has 1 N–H and O–H groups in total. The van der Waals surface area contributed by atoms with Gasteiger partial charge in [0, 0.05) is 17.8 Å². The number of carbonyl (C=O) groups excluding carboxylic acids is 1. The molecule has 0 radical (unpaired) electrons. The van der Waals surface area contributed by atoms with Crippen molar-refractivity contribution >= 4 is 5.91 Å². The molecule has 4 nitrogen and oxygen atoms in total. The van der Waals surface area contributed by atoms with Crippen LogP contribution < -0.4 is 10.9 Å². The predicted octanol–water partition coefficient (Wildman–Crippen LogP) is 2.21. The van der Waals surface area contributed by atoms with E-state index in [-0.39, 0.29) is 24.1 Å². The van der Waals surface area contributed by atoms with Crippen molar-refractivity contribution in [1.29, 1.82) is 0 Å². The van der Waals surface area contributed by atoms with Gasteiger partial charge in [0.1, 0.15) is 6.54 Å². The topological polar surface area (TPSA) is 51.1 Å². The van der Waals surface area contributed by atoms with Crippen molar-refractivity contribution in [2.45, 2.75) is 39.8 Å². The molecule has 116 valence electrons. The van der Waals surface area contributed by atoms with E-state index in [4.69, 9.17) is 0 Å². The molecule has 0 saturated carbocycles. The van der Waals surface area contributed by atoms with Gasteiger partial charge in [-0.15, -0.1) is 0 Å². The Bertz CT molecular complexity index is 719. The minimum Gasteiger partial charge on any atom is -0.352 e. The van der Waals surface area contributed by atoms with Crippen molar-refractivity contribution in [3.63, 3.8) is 0 Å². The fourth-order valence-corrected chi connectivity index (χ4v) is 2.48. The van der Waals surface area contributed by atoms with E-state index >= 15 is 0 Å². The maximum absolute atomic E-state index is 12.1. The number of hydrogen-bond acceptors (Lipinski definition) is 2. The van der Waals surface area contributed by atoms with Crippen molar-refractivity contribution in [2.24, 2.45) is 0 Å². The SMILES string of the molecule is Cc1ccccc1C[C@@H](C)NC(=O)Cn1cccc(C)c1=O. The molecule has 1 atom stereocenters. The summed E-state index contributed by atoms with van der Waals surface area (Å²) in [5.41, 5.74) is 2.97. The molecule has 2 aromatic rings. The van der Waals surface area contributed by atoms with Crippen molar-refractivity contribution < 1.29 is 4.79 Å². The van der Waals surface area contributed by atoms with Gasteiger partial charge < -0.3 is 9.88 Å². The molecular weight excluding hydrogens is 276 g/mol. The smallest absolute Gasteiger partial charge is 0.253 e. The summed E-state index contributed by atoms with van der Waals surface area (Å²) in [6.45, 7) is 5.84. The number of nitrogens with one attached hydrogen (secondary N) is 1. The van der Waals surface area contributed by atoms with E-state index < -0.39 is 0 Å². The fraction of sp³-hybridized carbons (Fsp3) is 0.333. The maximum atomic E-state index is 12.1. The molecule has 0 aliphatic carbocycles. The Kier molecular flexibility index (Phi) is 5.15. The zero-order valence-electron chi connectivity index (χ0n) is 13.3. The molecule has 1 aromatic heterocycles. The molecule has 2 rings (SSSR count). The first kappa shape index (κ1) is 16.0. The second kappa shape index (κ2) is 7.07. The van der Waals surface area contributed by atoms with E-state index in [1.54, 1.807) is 25.3 Å². The van der Waals surface area contributed by atoms with Crippen LogP contribution in [0.2, 0.25) is 0 Å². The van der Waals surface area contributed by atoms with Crippen LogP contribution in [0.25, 0.3) is 0 Å². The Morgan fingerprint density at radius 3 is 2.55 bits per heavy atom. The summed E-state index contributed by atoms with van der Waals surface area (Å²) < 4.78 is 1.44. The quantitative estimate of drug-likeness (QED) is 0.920. The summed E-state index contributed by atoms with van der Waals surface area (Å²) in [6.07, 6.45) is 2.42. The summed E-state index contributed by atoms with van der Waals surface area (Å²) in [6, 6.07) is 11.7. The molecule has 22 heavy (non-hydrogen) atoms. The zero-order chi connectivity index (χ0) is 16.1.